The number of hydrogen-bond donors (Lipinski definition) is 0. The van der Waals surface area contributed by atoms with Crippen LogP contribution in [0.15, 0.2) is 72.8 Å². The maximum absolute atomic E-state index is 5.63. The molecule has 0 bridgehead atoms. The van der Waals surface area contributed by atoms with Crippen LogP contribution in [0.2, 0.25) is 0 Å². The summed E-state index contributed by atoms with van der Waals surface area (Å²) in [6, 6.07) is 25.1. The highest BCUT2D eigenvalue weighted by atomic mass is 16.5. The molecule has 0 spiro atoms. The molecular weight excluding hydrogens is 436 g/mol. The molecule has 5 nitrogen and oxygen atoms in total. The molecule has 5 aromatic rings. The molecule has 35 heavy (non-hydrogen) atoms. The molecule has 0 aliphatic carbocycles. The van der Waals surface area contributed by atoms with Gasteiger partial charge in [0.2, 0.25) is 5.75 Å². The van der Waals surface area contributed by atoms with Gasteiger partial charge < -0.3 is 18.8 Å². The number of benzene rings is 3. The molecule has 5 heteroatoms. The van der Waals surface area contributed by atoms with Crippen molar-refractivity contribution in [2.45, 2.75) is 19.4 Å². The van der Waals surface area contributed by atoms with Crippen LogP contribution < -0.4 is 14.2 Å². The fourth-order valence-corrected chi connectivity index (χ4v) is 4.86. The number of rotatable bonds is 8. The molecule has 0 aliphatic heterocycles. The Hall–Kier alpha value is -3.99. The zero-order valence-electron chi connectivity index (χ0n) is 20.4. The van der Waals surface area contributed by atoms with E-state index in [2.05, 4.69) is 72.2 Å². The number of para-hydroxylation sites is 1. The molecule has 0 saturated heterocycles. The molecule has 0 N–H and O–H groups in total. The summed E-state index contributed by atoms with van der Waals surface area (Å²) in [4.78, 5) is 4.92. The number of ether oxygens (including phenoxy) is 3. The van der Waals surface area contributed by atoms with Crippen molar-refractivity contribution >= 4 is 21.8 Å². The lowest BCUT2D eigenvalue weighted by Gasteiger charge is -2.16. The molecule has 5 rings (SSSR count). The number of hydrogen-bond acceptors (Lipinski definition) is 4. The van der Waals surface area contributed by atoms with Gasteiger partial charge >= 0.3 is 0 Å². The van der Waals surface area contributed by atoms with Gasteiger partial charge in [0.25, 0.3) is 0 Å². The predicted octanol–water partition coefficient (Wildman–Crippen LogP) is 6.70. The van der Waals surface area contributed by atoms with Crippen molar-refractivity contribution in [3.8, 4) is 28.5 Å². The van der Waals surface area contributed by atoms with Crippen LogP contribution in [-0.2, 0) is 13.0 Å². The Morgan fingerprint density at radius 2 is 1.49 bits per heavy atom. The van der Waals surface area contributed by atoms with Crippen molar-refractivity contribution in [3.05, 3.63) is 91.0 Å². The first-order valence-corrected chi connectivity index (χ1v) is 11.7. The van der Waals surface area contributed by atoms with E-state index in [4.69, 9.17) is 19.2 Å². The first kappa shape index (κ1) is 22.8. The highest BCUT2D eigenvalue weighted by Gasteiger charge is 2.20. The van der Waals surface area contributed by atoms with Gasteiger partial charge in [-0.1, -0.05) is 48.5 Å². The lowest BCUT2D eigenvalue weighted by Crippen LogP contribution is -2.02. The van der Waals surface area contributed by atoms with Crippen molar-refractivity contribution in [3.63, 3.8) is 0 Å². The SMILES string of the molecule is [CH2]c1cc2c3ccccc3n(CCCc3ccccc3)c2c(-c2cc(OC)c(OC)c(OC)c2)n1. The zero-order chi connectivity index (χ0) is 24.4. The molecule has 0 atom stereocenters. The number of methoxy groups -OCH3 is 3. The van der Waals surface area contributed by atoms with E-state index in [-0.39, 0.29) is 0 Å². The molecule has 3 aromatic carbocycles. The third-order valence-electron chi connectivity index (χ3n) is 6.43. The van der Waals surface area contributed by atoms with Crippen LogP contribution in [0.4, 0.5) is 0 Å². The third kappa shape index (κ3) is 4.18. The maximum atomic E-state index is 5.63. The number of nitrogens with zero attached hydrogens (tertiary/aromatic N) is 2. The fraction of sp³-hybridized carbons (Fsp3) is 0.200. The van der Waals surface area contributed by atoms with Crippen molar-refractivity contribution in [1.29, 1.82) is 0 Å². The summed E-state index contributed by atoms with van der Waals surface area (Å²) in [7, 11) is 4.86. The summed E-state index contributed by atoms with van der Waals surface area (Å²) in [5.41, 5.74) is 6.08. The van der Waals surface area contributed by atoms with Crippen LogP contribution in [0.25, 0.3) is 33.1 Å². The molecule has 1 radical (unpaired) electrons. The van der Waals surface area contributed by atoms with E-state index in [1.165, 1.54) is 16.5 Å². The minimum Gasteiger partial charge on any atom is -0.493 e. The molecule has 0 fully saturated rings. The van der Waals surface area contributed by atoms with E-state index in [9.17, 15) is 0 Å². The second-order valence-corrected chi connectivity index (χ2v) is 8.53. The van der Waals surface area contributed by atoms with Gasteiger partial charge in [-0.05, 0) is 49.6 Å². The first-order chi connectivity index (χ1) is 17.1. The Bertz CT molecular complexity index is 1460. The number of pyridine rings is 1. The van der Waals surface area contributed by atoms with E-state index in [0.29, 0.717) is 22.9 Å². The van der Waals surface area contributed by atoms with E-state index in [1.807, 2.05) is 12.1 Å². The number of aryl methyl sites for hydroxylation is 2. The average Bonchev–Trinajstić information content (AvgIpc) is 3.21. The third-order valence-corrected chi connectivity index (χ3v) is 6.43. The van der Waals surface area contributed by atoms with Gasteiger partial charge in [0.1, 0.15) is 0 Å². The molecule has 0 aliphatic rings. The Morgan fingerprint density at radius 1 is 0.800 bits per heavy atom. The lowest BCUT2D eigenvalue weighted by atomic mass is 10.1. The van der Waals surface area contributed by atoms with E-state index in [0.717, 1.165) is 41.5 Å². The van der Waals surface area contributed by atoms with Crippen LogP contribution in [0.1, 0.15) is 17.7 Å². The van der Waals surface area contributed by atoms with Gasteiger partial charge in [0.15, 0.2) is 11.5 Å². The van der Waals surface area contributed by atoms with Gasteiger partial charge in [0.05, 0.1) is 32.5 Å². The summed E-state index contributed by atoms with van der Waals surface area (Å²) in [6.07, 6.45) is 2.02. The highest BCUT2D eigenvalue weighted by Crippen LogP contribution is 2.43. The zero-order valence-corrected chi connectivity index (χ0v) is 20.4. The Kier molecular flexibility index (Phi) is 6.32. The van der Waals surface area contributed by atoms with Crippen LogP contribution in [-0.4, -0.2) is 30.9 Å². The van der Waals surface area contributed by atoms with E-state index in [1.54, 1.807) is 21.3 Å². The van der Waals surface area contributed by atoms with Crippen LogP contribution >= 0.6 is 0 Å². The van der Waals surface area contributed by atoms with Crippen molar-refractivity contribution in [2.75, 3.05) is 21.3 Å². The van der Waals surface area contributed by atoms with Crippen LogP contribution in [0, 0.1) is 6.92 Å². The number of aromatic nitrogens is 2. The molecular formula is C30H29N2O3. The van der Waals surface area contributed by atoms with E-state index < -0.39 is 0 Å². The quantitative estimate of drug-likeness (QED) is 0.256. The summed E-state index contributed by atoms with van der Waals surface area (Å²) < 4.78 is 19.2. The molecule has 177 valence electrons. The monoisotopic (exact) mass is 465 g/mol. The van der Waals surface area contributed by atoms with E-state index >= 15 is 0 Å². The Labute approximate surface area is 205 Å². The highest BCUT2D eigenvalue weighted by molar-refractivity contribution is 6.12. The van der Waals surface area contributed by atoms with Gasteiger partial charge in [-0.15, -0.1) is 0 Å². The average molecular weight is 466 g/mol. The second kappa shape index (κ2) is 9.71. The standard InChI is InChI=1S/C30H29N2O3/c1-20-17-24-23-14-8-9-15-25(23)32(16-10-13-21-11-6-5-7-12-21)29(24)28(31-20)22-18-26(33-2)30(35-4)27(19-22)34-3/h5-9,11-12,14-15,17-19H,1,10,13,16H2,2-4H3. The molecule has 0 amide bonds. The molecule has 0 saturated carbocycles. The van der Waals surface area contributed by atoms with Crippen molar-refractivity contribution in [2.24, 2.45) is 0 Å². The smallest absolute Gasteiger partial charge is 0.203 e. The topological polar surface area (TPSA) is 45.5 Å². The summed E-state index contributed by atoms with van der Waals surface area (Å²) in [5.74, 6) is 1.75. The minimum absolute atomic E-state index is 0.559. The Balaban J connectivity index is 1.70. The van der Waals surface area contributed by atoms with Gasteiger partial charge in [-0.25, -0.2) is 0 Å². The molecule has 0 unspecified atom stereocenters. The second-order valence-electron chi connectivity index (χ2n) is 8.53. The van der Waals surface area contributed by atoms with Crippen molar-refractivity contribution < 1.29 is 14.2 Å². The van der Waals surface area contributed by atoms with Crippen LogP contribution in [0.5, 0.6) is 17.2 Å². The first-order valence-electron chi connectivity index (χ1n) is 11.7. The Morgan fingerprint density at radius 3 is 2.17 bits per heavy atom. The molecule has 2 aromatic heterocycles. The number of fused-ring (bicyclic) bond motifs is 3. The van der Waals surface area contributed by atoms with Gasteiger partial charge in [-0.3, -0.25) is 4.98 Å². The minimum atomic E-state index is 0.559. The normalized spacial score (nSPS) is 11.2. The van der Waals surface area contributed by atoms with Gasteiger partial charge in [-0.2, -0.15) is 0 Å². The molecule has 2 heterocycles. The predicted molar refractivity (Wildman–Crippen MR) is 142 cm³/mol. The maximum Gasteiger partial charge on any atom is 0.203 e. The summed E-state index contributed by atoms with van der Waals surface area (Å²) in [6.45, 7) is 5.06. The van der Waals surface area contributed by atoms with Crippen LogP contribution in [0.3, 0.4) is 0 Å². The lowest BCUT2D eigenvalue weighted by molar-refractivity contribution is 0.324. The fourth-order valence-electron chi connectivity index (χ4n) is 4.86. The largest absolute Gasteiger partial charge is 0.493 e. The van der Waals surface area contributed by atoms with Gasteiger partial charge in [0, 0.05) is 34.1 Å². The summed E-state index contributed by atoms with van der Waals surface area (Å²) >= 11 is 0. The summed E-state index contributed by atoms with van der Waals surface area (Å²) in [5, 5.41) is 2.34. The van der Waals surface area contributed by atoms with Crippen molar-refractivity contribution in [1.82, 2.24) is 9.55 Å².